The predicted octanol–water partition coefficient (Wildman–Crippen LogP) is 2.95. The van der Waals surface area contributed by atoms with Gasteiger partial charge in [0, 0.05) is 5.75 Å². The fourth-order valence-electron chi connectivity index (χ4n) is 1.07. The molecule has 0 heterocycles. The highest BCUT2D eigenvalue weighted by Crippen LogP contribution is 2.12. The summed E-state index contributed by atoms with van der Waals surface area (Å²) in [5.41, 5.74) is 1.28. The monoisotopic (exact) mass is 253 g/mol. The lowest BCUT2D eigenvalue weighted by atomic mass is 10.2. The Morgan fingerprint density at radius 3 is 2.88 bits per heavy atom. The van der Waals surface area contributed by atoms with E-state index in [1.54, 1.807) is 11.8 Å². The molecule has 1 aromatic carbocycles. The molecule has 0 saturated heterocycles. The highest BCUT2D eigenvalue weighted by molar-refractivity contribution is 8.22. The topological polar surface area (TPSA) is 21.3 Å². The van der Waals surface area contributed by atoms with Crippen molar-refractivity contribution in [3.05, 3.63) is 48.7 Å². The van der Waals surface area contributed by atoms with Crippen LogP contribution in [0.3, 0.4) is 0 Å². The zero-order valence-electron chi connectivity index (χ0n) is 9.02. The molecular formula is C12H15NOS2. The van der Waals surface area contributed by atoms with E-state index >= 15 is 0 Å². The molecule has 2 nitrogen and oxygen atoms in total. The van der Waals surface area contributed by atoms with Crippen LogP contribution in [0.5, 0.6) is 0 Å². The van der Waals surface area contributed by atoms with Crippen LogP contribution in [0.2, 0.25) is 0 Å². The number of thioether (sulfide) groups is 1. The Hall–Kier alpha value is -1.00. The van der Waals surface area contributed by atoms with Gasteiger partial charge in [-0.05, 0) is 5.56 Å². The van der Waals surface area contributed by atoms with E-state index < -0.39 is 0 Å². The molecule has 0 aliphatic carbocycles. The fourth-order valence-corrected chi connectivity index (χ4v) is 2.04. The van der Waals surface area contributed by atoms with Gasteiger partial charge >= 0.3 is 0 Å². The first-order valence-corrected chi connectivity index (χ1v) is 6.39. The lowest BCUT2D eigenvalue weighted by Gasteiger charge is -2.07. The van der Waals surface area contributed by atoms with E-state index in [4.69, 9.17) is 17.0 Å². The van der Waals surface area contributed by atoms with E-state index in [0.717, 1.165) is 10.1 Å². The van der Waals surface area contributed by atoms with Gasteiger partial charge in [-0.15, -0.1) is 0 Å². The molecule has 0 saturated carbocycles. The Morgan fingerprint density at radius 2 is 2.19 bits per heavy atom. The zero-order chi connectivity index (χ0) is 11.6. The molecule has 0 aliphatic heterocycles. The maximum atomic E-state index is 5.17. The fraction of sp³-hybridized carbons (Fsp3) is 0.250. The van der Waals surface area contributed by atoms with Crippen LogP contribution in [0.25, 0.3) is 0 Å². The second-order valence-electron chi connectivity index (χ2n) is 3.03. The van der Waals surface area contributed by atoms with Gasteiger partial charge in [0.1, 0.15) is 10.9 Å². The average molecular weight is 253 g/mol. The van der Waals surface area contributed by atoms with Crippen LogP contribution < -0.4 is 5.32 Å². The number of nitrogens with one attached hydrogen (secondary N) is 1. The number of hydrogen-bond donors (Lipinski definition) is 1. The summed E-state index contributed by atoms with van der Waals surface area (Å²) in [6.07, 6.45) is 1.43. The van der Waals surface area contributed by atoms with Crippen molar-refractivity contribution in [2.75, 3.05) is 13.2 Å². The SMILES string of the molecule is C=COCCNC(=S)SCc1ccccc1. The predicted molar refractivity (Wildman–Crippen MR) is 74.5 cm³/mol. The molecule has 0 fully saturated rings. The van der Waals surface area contributed by atoms with Crippen molar-refractivity contribution in [3.8, 4) is 0 Å². The van der Waals surface area contributed by atoms with E-state index in [2.05, 4.69) is 24.0 Å². The quantitative estimate of drug-likeness (QED) is 0.478. The van der Waals surface area contributed by atoms with Gasteiger partial charge in [0.15, 0.2) is 0 Å². The van der Waals surface area contributed by atoms with Crippen molar-refractivity contribution in [3.63, 3.8) is 0 Å². The number of hydrogen-bond acceptors (Lipinski definition) is 3. The Bertz CT molecular complexity index is 327. The minimum Gasteiger partial charge on any atom is -0.500 e. The Labute approximate surface area is 106 Å². The van der Waals surface area contributed by atoms with E-state index in [9.17, 15) is 0 Å². The highest BCUT2D eigenvalue weighted by Gasteiger charge is 1.97. The summed E-state index contributed by atoms with van der Waals surface area (Å²) >= 11 is 6.80. The normalized spacial score (nSPS) is 9.50. The number of rotatable bonds is 6. The molecule has 1 rings (SSSR count). The molecule has 1 aromatic rings. The molecule has 0 bridgehead atoms. The van der Waals surface area contributed by atoms with Crippen LogP contribution >= 0.6 is 24.0 Å². The van der Waals surface area contributed by atoms with Gasteiger partial charge in [-0.25, -0.2) is 0 Å². The van der Waals surface area contributed by atoms with Crippen LogP contribution in [0, 0.1) is 0 Å². The van der Waals surface area contributed by atoms with E-state index in [1.165, 1.54) is 11.8 Å². The first kappa shape index (κ1) is 13.1. The molecule has 0 radical (unpaired) electrons. The van der Waals surface area contributed by atoms with Gasteiger partial charge in [-0.1, -0.05) is 60.9 Å². The number of thiocarbonyl (C=S) groups is 1. The lowest BCUT2D eigenvalue weighted by molar-refractivity contribution is 0.256. The van der Waals surface area contributed by atoms with Crippen molar-refractivity contribution in [2.24, 2.45) is 0 Å². The van der Waals surface area contributed by atoms with E-state index in [-0.39, 0.29) is 0 Å². The third-order valence-corrected chi connectivity index (χ3v) is 3.20. The standard InChI is InChI=1S/C12H15NOS2/c1-2-14-9-8-13-12(15)16-10-11-6-4-3-5-7-11/h2-7H,1,8-10H2,(H,13,15). The van der Waals surface area contributed by atoms with Crippen molar-refractivity contribution in [1.29, 1.82) is 0 Å². The largest absolute Gasteiger partial charge is 0.500 e. The van der Waals surface area contributed by atoms with Gasteiger partial charge in [0.05, 0.1) is 12.8 Å². The third kappa shape index (κ3) is 5.78. The Morgan fingerprint density at radius 1 is 1.44 bits per heavy atom. The minimum absolute atomic E-state index is 0.593. The molecule has 1 N–H and O–H groups in total. The molecule has 0 aliphatic rings. The summed E-state index contributed by atoms with van der Waals surface area (Å²) in [6.45, 7) is 4.77. The van der Waals surface area contributed by atoms with Crippen molar-refractivity contribution in [1.82, 2.24) is 5.32 Å². The summed E-state index contributed by atoms with van der Waals surface area (Å²) in [6, 6.07) is 10.3. The van der Waals surface area contributed by atoms with Gasteiger partial charge in [-0.3, -0.25) is 0 Å². The number of ether oxygens (including phenoxy) is 1. The van der Waals surface area contributed by atoms with Crippen molar-refractivity contribution < 1.29 is 4.74 Å². The van der Waals surface area contributed by atoms with E-state index in [0.29, 0.717) is 13.2 Å². The molecule has 16 heavy (non-hydrogen) atoms. The maximum Gasteiger partial charge on any atom is 0.134 e. The second kappa shape index (κ2) is 8.19. The van der Waals surface area contributed by atoms with Gasteiger partial charge in [0.2, 0.25) is 0 Å². The van der Waals surface area contributed by atoms with Gasteiger partial charge < -0.3 is 10.1 Å². The summed E-state index contributed by atoms with van der Waals surface area (Å²) in [5, 5.41) is 3.11. The minimum atomic E-state index is 0.593. The Balaban J connectivity index is 2.13. The highest BCUT2D eigenvalue weighted by atomic mass is 32.2. The number of benzene rings is 1. The maximum absolute atomic E-state index is 5.17. The molecule has 4 heteroatoms. The van der Waals surface area contributed by atoms with Gasteiger partial charge in [-0.2, -0.15) is 0 Å². The molecule has 86 valence electrons. The van der Waals surface area contributed by atoms with Crippen LogP contribution in [0.1, 0.15) is 5.56 Å². The smallest absolute Gasteiger partial charge is 0.134 e. The molecule has 0 unspecified atom stereocenters. The second-order valence-corrected chi connectivity index (χ2v) is 4.68. The summed E-state index contributed by atoms with van der Waals surface area (Å²) in [5.74, 6) is 0.898. The molecule has 0 aromatic heterocycles. The summed E-state index contributed by atoms with van der Waals surface area (Å²) < 4.78 is 5.78. The Kier molecular flexibility index (Phi) is 6.69. The van der Waals surface area contributed by atoms with Gasteiger partial charge in [0.25, 0.3) is 0 Å². The zero-order valence-corrected chi connectivity index (χ0v) is 10.7. The molecule has 0 amide bonds. The van der Waals surface area contributed by atoms with Crippen LogP contribution in [0.15, 0.2) is 43.2 Å². The van der Waals surface area contributed by atoms with E-state index in [1.807, 2.05) is 18.2 Å². The molecular weight excluding hydrogens is 238 g/mol. The van der Waals surface area contributed by atoms with Crippen LogP contribution in [0.4, 0.5) is 0 Å². The van der Waals surface area contributed by atoms with Crippen molar-refractivity contribution in [2.45, 2.75) is 5.75 Å². The lowest BCUT2D eigenvalue weighted by Crippen LogP contribution is -2.22. The first-order valence-electron chi connectivity index (χ1n) is 5.00. The first-order chi connectivity index (χ1) is 7.83. The van der Waals surface area contributed by atoms with Crippen LogP contribution in [-0.4, -0.2) is 17.5 Å². The third-order valence-electron chi connectivity index (χ3n) is 1.82. The molecule has 0 atom stereocenters. The van der Waals surface area contributed by atoms with Crippen LogP contribution in [-0.2, 0) is 10.5 Å². The summed E-state index contributed by atoms with van der Waals surface area (Å²) in [4.78, 5) is 0. The average Bonchev–Trinajstić information content (AvgIpc) is 2.33. The molecule has 0 spiro atoms. The van der Waals surface area contributed by atoms with Crippen molar-refractivity contribution >= 4 is 28.3 Å². The summed E-state index contributed by atoms with van der Waals surface area (Å²) in [7, 11) is 0.